The van der Waals surface area contributed by atoms with Crippen LogP contribution in [0.3, 0.4) is 0 Å². The van der Waals surface area contributed by atoms with E-state index in [0.29, 0.717) is 5.92 Å². The molecule has 0 spiro atoms. The van der Waals surface area contributed by atoms with Crippen molar-refractivity contribution in [1.82, 2.24) is 9.38 Å². The molecular weight excluding hydrogens is 282 g/mol. The molecule has 0 radical (unpaired) electrons. The minimum Gasteiger partial charge on any atom is -0.339 e. The van der Waals surface area contributed by atoms with Gasteiger partial charge in [-0.05, 0) is 56.4 Å². The predicted octanol–water partition coefficient (Wildman–Crippen LogP) is 5.20. The molecule has 0 aliphatic carbocycles. The van der Waals surface area contributed by atoms with Crippen LogP contribution in [-0.2, 0) is 6.42 Å². The standard InChI is InChI=1S/C20H25N3/c1-13(2)12-17-20(22-19-14(3)8-6-9-15(19)4)23-16(5)10-7-11-18(23)21-17/h6-11,13,22H,12H2,1-5H3. The number of hydrogen-bond acceptors (Lipinski definition) is 2. The Kier molecular flexibility index (Phi) is 4.12. The maximum Gasteiger partial charge on any atom is 0.138 e. The largest absolute Gasteiger partial charge is 0.339 e. The fourth-order valence-corrected chi connectivity index (χ4v) is 3.09. The second kappa shape index (κ2) is 6.07. The third-order valence-electron chi connectivity index (χ3n) is 4.24. The van der Waals surface area contributed by atoms with Crippen LogP contribution in [0.4, 0.5) is 11.5 Å². The SMILES string of the molecule is Cc1cccc(C)c1Nc1c(CC(C)C)nc2cccc(C)n12. The zero-order chi connectivity index (χ0) is 16.6. The number of aryl methyl sites for hydroxylation is 3. The number of imidazole rings is 1. The molecule has 0 saturated carbocycles. The van der Waals surface area contributed by atoms with E-state index >= 15 is 0 Å². The van der Waals surface area contributed by atoms with Crippen molar-refractivity contribution in [1.29, 1.82) is 0 Å². The summed E-state index contributed by atoms with van der Waals surface area (Å²) in [6.07, 6.45) is 0.967. The quantitative estimate of drug-likeness (QED) is 0.717. The first-order valence-electron chi connectivity index (χ1n) is 8.27. The van der Waals surface area contributed by atoms with E-state index in [0.717, 1.165) is 23.6 Å². The van der Waals surface area contributed by atoms with E-state index < -0.39 is 0 Å². The molecule has 2 aromatic heterocycles. The van der Waals surface area contributed by atoms with E-state index in [1.165, 1.54) is 22.5 Å². The summed E-state index contributed by atoms with van der Waals surface area (Å²) in [6, 6.07) is 12.7. The molecule has 0 aliphatic heterocycles. The summed E-state index contributed by atoms with van der Waals surface area (Å²) in [7, 11) is 0. The lowest BCUT2D eigenvalue weighted by molar-refractivity contribution is 0.639. The minimum atomic E-state index is 0.568. The van der Waals surface area contributed by atoms with Gasteiger partial charge in [0, 0.05) is 11.4 Å². The Hall–Kier alpha value is -2.29. The fraction of sp³-hybridized carbons (Fsp3) is 0.350. The van der Waals surface area contributed by atoms with Gasteiger partial charge in [0.05, 0.1) is 5.69 Å². The number of para-hydroxylation sites is 1. The minimum absolute atomic E-state index is 0.568. The molecule has 1 N–H and O–H groups in total. The maximum atomic E-state index is 4.87. The summed E-state index contributed by atoms with van der Waals surface area (Å²) >= 11 is 0. The Morgan fingerprint density at radius 3 is 2.30 bits per heavy atom. The normalized spacial score (nSPS) is 11.4. The highest BCUT2D eigenvalue weighted by Gasteiger charge is 2.16. The third-order valence-corrected chi connectivity index (χ3v) is 4.24. The van der Waals surface area contributed by atoms with E-state index in [9.17, 15) is 0 Å². The Morgan fingerprint density at radius 1 is 1.00 bits per heavy atom. The average Bonchev–Trinajstić information content (AvgIpc) is 2.81. The van der Waals surface area contributed by atoms with Crippen LogP contribution >= 0.6 is 0 Å². The van der Waals surface area contributed by atoms with Gasteiger partial charge in [-0.1, -0.05) is 38.1 Å². The van der Waals surface area contributed by atoms with Gasteiger partial charge in [-0.15, -0.1) is 0 Å². The summed E-state index contributed by atoms with van der Waals surface area (Å²) in [5.41, 5.74) is 7.03. The molecule has 0 bridgehead atoms. The van der Waals surface area contributed by atoms with Gasteiger partial charge in [0.15, 0.2) is 0 Å². The maximum absolute atomic E-state index is 4.87. The number of pyridine rings is 1. The second-order valence-corrected chi connectivity index (χ2v) is 6.76. The molecule has 1 aromatic carbocycles. The van der Waals surface area contributed by atoms with E-state index in [4.69, 9.17) is 4.98 Å². The molecular formula is C20H25N3. The van der Waals surface area contributed by atoms with Crippen molar-refractivity contribution >= 4 is 17.2 Å². The Morgan fingerprint density at radius 2 is 1.65 bits per heavy atom. The van der Waals surface area contributed by atoms with Crippen LogP contribution in [0.5, 0.6) is 0 Å². The monoisotopic (exact) mass is 307 g/mol. The molecule has 0 amide bonds. The molecule has 3 nitrogen and oxygen atoms in total. The zero-order valence-corrected chi connectivity index (χ0v) is 14.6. The van der Waals surface area contributed by atoms with Gasteiger partial charge in [-0.25, -0.2) is 4.98 Å². The topological polar surface area (TPSA) is 29.3 Å². The van der Waals surface area contributed by atoms with Crippen molar-refractivity contribution in [3.8, 4) is 0 Å². The summed E-state index contributed by atoms with van der Waals surface area (Å²) < 4.78 is 2.23. The highest BCUT2D eigenvalue weighted by molar-refractivity contribution is 5.69. The summed E-state index contributed by atoms with van der Waals surface area (Å²) in [4.78, 5) is 4.87. The summed E-state index contributed by atoms with van der Waals surface area (Å²) in [6.45, 7) is 10.9. The zero-order valence-electron chi connectivity index (χ0n) is 14.6. The molecule has 0 saturated heterocycles. The number of hydrogen-bond donors (Lipinski definition) is 1. The number of rotatable bonds is 4. The van der Waals surface area contributed by atoms with E-state index in [-0.39, 0.29) is 0 Å². The van der Waals surface area contributed by atoms with Gasteiger partial charge in [0.1, 0.15) is 11.5 Å². The van der Waals surface area contributed by atoms with Gasteiger partial charge in [-0.3, -0.25) is 4.40 Å². The Balaban J connectivity index is 2.18. The van der Waals surface area contributed by atoms with E-state index in [2.05, 4.69) is 80.7 Å². The van der Waals surface area contributed by atoms with Crippen molar-refractivity contribution < 1.29 is 0 Å². The predicted molar refractivity (Wildman–Crippen MR) is 97.7 cm³/mol. The van der Waals surface area contributed by atoms with Crippen molar-refractivity contribution in [2.75, 3.05) is 5.32 Å². The molecule has 3 rings (SSSR count). The van der Waals surface area contributed by atoms with Crippen LogP contribution < -0.4 is 5.32 Å². The number of nitrogens with one attached hydrogen (secondary N) is 1. The fourth-order valence-electron chi connectivity index (χ4n) is 3.09. The van der Waals surface area contributed by atoms with Crippen LogP contribution in [-0.4, -0.2) is 9.38 Å². The third kappa shape index (κ3) is 2.96. The van der Waals surface area contributed by atoms with Gasteiger partial charge in [0.2, 0.25) is 0 Å². The Bertz CT molecular complexity index is 823. The first-order valence-corrected chi connectivity index (χ1v) is 8.27. The molecule has 2 heterocycles. The average molecular weight is 307 g/mol. The molecule has 3 heteroatoms. The first-order chi connectivity index (χ1) is 11.0. The summed E-state index contributed by atoms with van der Waals surface area (Å²) in [5.74, 6) is 1.67. The first kappa shape index (κ1) is 15.6. The molecule has 0 fully saturated rings. The van der Waals surface area contributed by atoms with Crippen LogP contribution in [0.1, 0.15) is 36.4 Å². The highest BCUT2D eigenvalue weighted by atomic mass is 15.1. The van der Waals surface area contributed by atoms with Crippen LogP contribution in [0, 0.1) is 26.7 Å². The molecule has 0 atom stereocenters. The van der Waals surface area contributed by atoms with Crippen molar-refractivity contribution in [3.63, 3.8) is 0 Å². The van der Waals surface area contributed by atoms with Crippen molar-refractivity contribution in [2.24, 2.45) is 5.92 Å². The number of aromatic nitrogens is 2. The second-order valence-electron chi connectivity index (χ2n) is 6.76. The van der Waals surface area contributed by atoms with E-state index in [1.807, 2.05) is 0 Å². The number of fused-ring (bicyclic) bond motifs is 1. The van der Waals surface area contributed by atoms with E-state index in [1.54, 1.807) is 0 Å². The van der Waals surface area contributed by atoms with Crippen LogP contribution in [0.15, 0.2) is 36.4 Å². The van der Waals surface area contributed by atoms with Gasteiger partial charge >= 0.3 is 0 Å². The highest BCUT2D eigenvalue weighted by Crippen LogP contribution is 2.29. The summed E-state index contributed by atoms with van der Waals surface area (Å²) in [5, 5.41) is 3.68. The van der Waals surface area contributed by atoms with Gasteiger partial charge in [0.25, 0.3) is 0 Å². The van der Waals surface area contributed by atoms with Gasteiger partial charge < -0.3 is 5.32 Å². The molecule has 23 heavy (non-hydrogen) atoms. The van der Waals surface area contributed by atoms with Crippen molar-refractivity contribution in [2.45, 2.75) is 41.0 Å². The lowest BCUT2D eigenvalue weighted by Crippen LogP contribution is -2.05. The van der Waals surface area contributed by atoms with Gasteiger partial charge in [-0.2, -0.15) is 0 Å². The molecule has 3 aromatic rings. The Labute approximate surface area is 138 Å². The smallest absolute Gasteiger partial charge is 0.138 e. The van der Waals surface area contributed by atoms with Crippen LogP contribution in [0.25, 0.3) is 5.65 Å². The lowest BCUT2D eigenvalue weighted by Gasteiger charge is -2.15. The number of benzene rings is 1. The molecule has 0 unspecified atom stereocenters. The number of nitrogens with zero attached hydrogens (tertiary/aromatic N) is 2. The molecule has 120 valence electrons. The molecule has 0 aliphatic rings. The number of anilines is 2. The lowest BCUT2D eigenvalue weighted by atomic mass is 10.1. The van der Waals surface area contributed by atoms with Crippen molar-refractivity contribution in [3.05, 3.63) is 58.9 Å². The van der Waals surface area contributed by atoms with Crippen LogP contribution in [0.2, 0.25) is 0 Å².